The number of ether oxygens (including phenoxy) is 1. The number of rotatable bonds is 3. The maximum Gasteiger partial charge on any atom is 0.196 e. The van der Waals surface area contributed by atoms with Gasteiger partial charge in [0.05, 0.1) is 11.9 Å². The Morgan fingerprint density at radius 3 is 2.67 bits per heavy atom. The first kappa shape index (κ1) is 14.2. The zero-order valence-corrected chi connectivity index (χ0v) is 13.3. The highest BCUT2D eigenvalue weighted by Crippen LogP contribution is 2.28. The minimum Gasteiger partial charge on any atom is -0.484 e. The van der Waals surface area contributed by atoms with Gasteiger partial charge in [0.1, 0.15) is 5.60 Å². The van der Waals surface area contributed by atoms with Crippen LogP contribution >= 0.6 is 0 Å². The summed E-state index contributed by atoms with van der Waals surface area (Å²) in [6.45, 7) is 8.14. The van der Waals surface area contributed by atoms with Crippen LogP contribution in [0.5, 0.6) is 5.75 Å². The number of aryl methyl sites for hydroxylation is 1. The van der Waals surface area contributed by atoms with E-state index >= 15 is 0 Å². The van der Waals surface area contributed by atoms with E-state index in [9.17, 15) is 0 Å². The second-order valence-corrected chi connectivity index (χ2v) is 6.87. The minimum atomic E-state index is -0.258. The Hall–Kier alpha value is -1.78. The molecule has 0 saturated heterocycles. The van der Waals surface area contributed by atoms with Crippen LogP contribution in [0.1, 0.15) is 52.1 Å². The Bertz CT molecular complexity index is 635. The molecule has 1 saturated carbocycles. The van der Waals surface area contributed by atoms with Gasteiger partial charge in [-0.1, -0.05) is 12.8 Å². The smallest absolute Gasteiger partial charge is 0.196 e. The van der Waals surface area contributed by atoms with Crippen molar-refractivity contribution in [2.24, 2.45) is 0 Å². The summed E-state index contributed by atoms with van der Waals surface area (Å²) in [5.41, 5.74) is 1.53. The SMILES string of the molecule is Cc1cnc2c(OC(C)(C)C)cc(NC3CCCC3)nn12. The lowest BCUT2D eigenvalue weighted by atomic mass is 10.2. The zero-order chi connectivity index (χ0) is 15.0. The number of anilines is 1. The Labute approximate surface area is 125 Å². The standard InChI is InChI=1S/C16H24N4O/c1-11-10-17-15-13(21-16(2,3)4)9-14(19-20(11)15)18-12-7-5-6-8-12/h9-10,12H,5-8H2,1-4H3,(H,18,19). The first-order chi connectivity index (χ1) is 9.92. The largest absolute Gasteiger partial charge is 0.484 e. The lowest BCUT2D eigenvalue weighted by Crippen LogP contribution is -2.24. The third-order valence-electron chi connectivity index (χ3n) is 3.73. The second-order valence-electron chi connectivity index (χ2n) is 6.87. The van der Waals surface area contributed by atoms with E-state index in [4.69, 9.17) is 4.74 Å². The molecule has 0 atom stereocenters. The molecule has 5 heteroatoms. The average Bonchev–Trinajstić information content (AvgIpc) is 2.99. The molecule has 0 spiro atoms. The molecular weight excluding hydrogens is 264 g/mol. The molecule has 3 rings (SSSR count). The number of nitrogens with one attached hydrogen (secondary N) is 1. The summed E-state index contributed by atoms with van der Waals surface area (Å²) < 4.78 is 7.93. The van der Waals surface area contributed by atoms with Gasteiger partial charge in [0.2, 0.25) is 0 Å². The molecule has 2 aromatic heterocycles. The van der Waals surface area contributed by atoms with E-state index in [0.717, 1.165) is 22.9 Å². The van der Waals surface area contributed by atoms with Gasteiger partial charge in [0.25, 0.3) is 0 Å². The second kappa shape index (κ2) is 5.20. The fourth-order valence-corrected chi connectivity index (χ4v) is 2.81. The average molecular weight is 288 g/mol. The molecule has 0 bridgehead atoms. The topological polar surface area (TPSA) is 51.5 Å². The van der Waals surface area contributed by atoms with Crippen molar-refractivity contribution in [3.63, 3.8) is 0 Å². The quantitative estimate of drug-likeness (QED) is 0.938. The molecule has 114 valence electrons. The van der Waals surface area contributed by atoms with Crippen molar-refractivity contribution in [1.29, 1.82) is 0 Å². The molecule has 1 aliphatic rings. The lowest BCUT2D eigenvalue weighted by Gasteiger charge is -2.22. The van der Waals surface area contributed by atoms with Gasteiger partial charge >= 0.3 is 0 Å². The number of nitrogens with zero attached hydrogens (tertiary/aromatic N) is 3. The Morgan fingerprint density at radius 1 is 1.29 bits per heavy atom. The summed E-state index contributed by atoms with van der Waals surface area (Å²) in [4.78, 5) is 4.42. The van der Waals surface area contributed by atoms with E-state index in [1.54, 1.807) is 0 Å². The van der Waals surface area contributed by atoms with E-state index in [-0.39, 0.29) is 5.60 Å². The van der Waals surface area contributed by atoms with E-state index in [0.29, 0.717) is 6.04 Å². The molecule has 2 aromatic rings. The molecule has 0 amide bonds. The monoisotopic (exact) mass is 288 g/mol. The highest BCUT2D eigenvalue weighted by atomic mass is 16.5. The van der Waals surface area contributed by atoms with Gasteiger partial charge in [-0.3, -0.25) is 0 Å². The summed E-state index contributed by atoms with van der Waals surface area (Å²) >= 11 is 0. The van der Waals surface area contributed by atoms with Crippen LogP contribution in [0, 0.1) is 6.92 Å². The molecule has 2 heterocycles. The van der Waals surface area contributed by atoms with Crippen LogP contribution in [0.3, 0.4) is 0 Å². The normalized spacial score (nSPS) is 16.6. The summed E-state index contributed by atoms with van der Waals surface area (Å²) in [5, 5.41) is 8.19. The van der Waals surface area contributed by atoms with Crippen LogP contribution in [0.25, 0.3) is 5.65 Å². The van der Waals surface area contributed by atoms with Gasteiger partial charge in [0.15, 0.2) is 17.2 Å². The van der Waals surface area contributed by atoms with Gasteiger partial charge < -0.3 is 10.1 Å². The molecule has 1 aliphatic carbocycles. The molecule has 0 unspecified atom stereocenters. The van der Waals surface area contributed by atoms with Crippen molar-refractivity contribution < 1.29 is 4.74 Å². The third-order valence-corrected chi connectivity index (χ3v) is 3.73. The Kier molecular flexibility index (Phi) is 3.51. The fraction of sp³-hybridized carbons (Fsp3) is 0.625. The summed E-state index contributed by atoms with van der Waals surface area (Å²) in [6.07, 6.45) is 6.87. The van der Waals surface area contributed by atoms with Crippen molar-refractivity contribution >= 4 is 11.5 Å². The predicted molar refractivity (Wildman–Crippen MR) is 84.0 cm³/mol. The van der Waals surface area contributed by atoms with Crippen molar-refractivity contribution in [3.05, 3.63) is 18.0 Å². The molecule has 21 heavy (non-hydrogen) atoms. The van der Waals surface area contributed by atoms with Crippen LogP contribution in [0.4, 0.5) is 5.82 Å². The van der Waals surface area contributed by atoms with Crippen LogP contribution in [0.2, 0.25) is 0 Å². The number of imidazole rings is 1. The zero-order valence-electron chi connectivity index (χ0n) is 13.3. The minimum absolute atomic E-state index is 0.258. The van der Waals surface area contributed by atoms with Crippen molar-refractivity contribution in [3.8, 4) is 5.75 Å². The van der Waals surface area contributed by atoms with Crippen molar-refractivity contribution in [2.75, 3.05) is 5.32 Å². The summed E-state index contributed by atoms with van der Waals surface area (Å²) in [5.74, 6) is 1.65. The highest BCUT2D eigenvalue weighted by Gasteiger charge is 2.20. The fourth-order valence-electron chi connectivity index (χ4n) is 2.81. The predicted octanol–water partition coefficient (Wildman–Crippen LogP) is 3.57. The highest BCUT2D eigenvalue weighted by molar-refractivity contribution is 5.59. The third kappa shape index (κ3) is 3.12. The van der Waals surface area contributed by atoms with Crippen LogP contribution in [-0.2, 0) is 0 Å². The van der Waals surface area contributed by atoms with Crippen LogP contribution < -0.4 is 10.1 Å². The maximum absolute atomic E-state index is 6.07. The van der Waals surface area contributed by atoms with Gasteiger partial charge in [-0.05, 0) is 40.5 Å². The first-order valence-corrected chi connectivity index (χ1v) is 7.73. The van der Waals surface area contributed by atoms with Crippen molar-refractivity contribution in [1.82, 2.24) is 14.6 Å². The van der Waals surface area contributed by atoms with E-state index in [1.165, 1.54) is 25.7 Å². The van der Waals surface area contributed by atoms with Gasteiger partial charge in [-0.25, -0.2) is 9.50 Å². The summed E-state index contributed by atoms with van der Waals surface area (Å²) in [6, 6.07) is 2.51. The lowest BCUT2D eigenvalue weighted by molar-refractivity contribution is 0.132. The van der Waals surface area contributed by atoms with Crippen LogP contribution in [-0.4, -0.2) is 26.2 Å². The number of hydrogen-bond acceptors (Lipinski definition) is 4. The number of fused-ring (bicyclic) bond motifs is 1. The van der Waals surface area contributed by atoms with Gasteiger partial charge in [-0.15, -0.1) is 5.10 Å². The summed E-state index contributed by atoms with van der Waals surface area (Å²) in [7, 11) is 0. The first-order valence-electron chi connectivity index (χ1n) is 7.73. The number of hydrogen-bond donors (Lipinski definition) is 1. The molecule has 5 nitrogen and oxygen atoms in total. The maximum atomic E-state index is 6.07. The van der Waals surface area contributed by atoms with E-state index < -0.39 is 0 Å². The molecule has 0 radical (unpaired) electrons. The van der Waals surface area contributed by atoms with Gasteiger partial charge in [0, 0.05) is 12.1 Å². The van der Waals surface area contributed by atoms with Crippen LogP contribution in [0.15, 0.2) is 12.3 Å². The number of aromatic nitrogens is 3. The molecule has 0 aromatic carbocycles. The van der Waals surface area contributed by atoms with Crippen molar-refractivity contribution in [2.45, 2.75) is 65.0 Å². The molecule has 1 N–H and O–H groups in total. The molecular formula is C16H24N4O. The molecule has 1 fully saturated rings. The van der Waals surface area contributed by atoms with Gasteiger partial charge in [-0.2, -0.15) is 0 Å². The van der Waals surface area contributed by atoms with E-state index in [1.807, 2.05) is 44.5 Å². The Morgan fingerprint density at radius 2 is 2.00 bits per heavy atom. The molecule has 0 aliphatic heterocycles. The van der Waals surface area contributed by atoms with E-state index in [2.05, 4.69) is 15.4 Å². The Balaban J connectivity index is 1.98.